The first-order valence-corrected chi connectivity index (χ1v) is 18.7. The van der Waals surface area contributed by atoms with Crippen LogP contribution in [0.5, 0.6) is 0 Å². The molecule has 2 aliphatic heterocycles. The van der Waals surface area contributed by atoms with Gasteiger partial charge in [-0.3, -0.25) is 9.59 Å². The van der Waals surface area contributed by atoms with Gasteiger partial charge in [0.15, 0.2) is 0 Å². The summed E-state index contributed by atoms with van der Waals surface area (Å²) in [5.74, 6) is -0.159. The van der Waals surface area contributed by atoms with E-state index in [9.17, 15) is 9.59 Å². The lowest BCUT2D eigenvalue weighted by Gasteiger charge is -2.37. The van der Waals surface area contributed by atoms with E-state index >= 15 is 0 Å². The summed E-state index contributed by atoms with van der Waals surface area (Å²) in [7, 11) is 0. The van der Waals surface area contributed by atoms with Crippen LogP contribution in [0.2, 0.25) is 5.02 Å². The SMILES string of the molecule is Cc1ccc(SC2(C(=O)NCCCN3CCN(CCCN)CC3)CC(=O)N(Cc3ccc(Br)cc3)[C@H]2c2c[nH]c3cc(Cl)ccc23)cc1. The second-order valence-electron chi connectivity index (χ2n) is 12.9. The lowest BCUT2D eigenvalue weighted by atomic mass is 9.91. The lowest BCUT2D eigenvalue weighted by Crippen LogP contribution is -2.49. The zero-order valence-corrected chi connectivity index (χ0v) is 30.5. The summed E-state index contributed by atoms with van der Waals surface area (Å²) < 4.78 is -0.133. The molecule has 11 heteroatoms. The van der Waals surface area contributed by atoms with Crippen molar-refractivity contribution in [2.24, 2.45) is 5.73 Å². The number of piperazine rings is 1. The van der Waals surface area contributed by atoms with Gasteiger partial charge in [0.2, 0.25) is 11.8 Å². The van der Waals surface area contributed by atoms with Crippen molar-refractivity contribution in [2.45, 2.75) is 48.4 Å². The van der Waals surface area contributed by atoms with Crippen LogP contribution in [0.1, 0.15) is 42.0 Å². The number of fused-ring (bicyclic) bond motifs is 1. The maximum atomic E-state index is 14.7. The van der Waals surface area contributed by atoms with E-state index < -0.39 is 10.8 Å². The molecule has 2 atom stereocenters. The van der Waals surface area contributed by atoms with E-state index in [0.717, 1.165) is 95.6 Å². The standard InChI is InChI=1S/C37H44BrClN6O2S/c1-26-4-11-30(12-5-26)48-37(36(47)41-15-3-17-44-20-18-43(19-21-44)16-2-14-40)23-34(46)45(25-27-6-8-28(38)9-7-27)35(37)32-24-42-33-22-29(39)10-13-31(32)33/h4-13,22,24,35,42H,2-3,14-21,23,25,40H2,1H3,(H,41,47)/t35-,37?/m0/s1. The number of hydrogen-bond acceptors (Lipinski definition) is 6. The minimum atomic E-state index is -1.11. The number of aryl methyl sites for hydroxylation is 1. The second kappa shape index (κ2) is 15.8. The number of nitrogens with two attached hydrogens (primary N) is 1. The Hall–Kier alpha value is -2.86. The third-order valence-electron chi connectivity index (χ3n) is 9.51. The Morgan fingerprint density at radius 2 is 1.71 bits per heavy atom. The normalized spacial score (nSPS) is 20.5. The van der Waals surface area contributed by atoms with Gasteiger partial charge in [-0.25, -0.2) is 0 Å². The number of halogens is 2. The molecule has 4 aromatic rings. The van der Waals surface area contributed by atoms with Crippen LogP contribution in [-0.2, 0) is 16.1 Å². The van der Waals surface area contributed by atoms with Gasteiger partial charge in [-0.05, 0) is 81.4 Å². The third kappa shape index (κ3) is 7.95. The Kier molecular flexibility index (Phi) is 11.5. The number of hydrogen-bond donors (Lipinski definition) is 3. The van der Waals surface area contributed by atoms with E-state index in [-0.39, 0.29) is 18.2 Å². The van der Waals surface area contributed by atoms with E-state index in [4.69, 9.17) is 17.3 Å². The molecule has 3 heterocycles. The summed E-state index contributed by atoms with van der Waals surface area (Å²) in [6.45, 7) is 9.84. The first-order valence-electron chi connectivity index (χ1n) is 16.7. The summed E-state index contributed by atoms with van der Waals surface area (Å²) in [5, 5.41) is 4.88. The Bertz CT molecular complexity index is 1710. The van der Waals surface area contributed by atoms with Gasteiger partial charge in [0, 0.05) is 76.3 Å². The molecule has 0 bridgehead atoms. The van der Waals surface area contributed by atoms with Crippen LogP contribution in [0.4, 0.5) is 0 Å². The highest BCUT2D eigenvalue weighted by molar-refractivity contribution is 9.10. The topological polar surface area (TPSA) is 97.7 Å². The molecule has 2 fully saturated rings. The molecule has 1 unspecified atom stereocenters. The smallest absolute Gasteiger partial charge is 0.239 e. The van der Waals surface area contributed by atoms with Crippen LogP contribution in [0, 0.1) is 6.92 Å². The van der Waals surface area contributed by atoms with Gasteiger partial charge in [0.25, 0.3) is 0 Å². The molecule has 254 valence electrons. The van der Waals surface area contributed by atoms with E-state index in [2.05, 4.69) is 67.2 Å². The molecular weight excluding hydrogens is 708 g/mol. The molecule has 2 amide bonds. The summed E-state index contributed by atoms with van der Waals surface area (Å²) in [6, 6.07) is 21.4. The first kappa shape index (κ1) is 35.0. The van der Waals surface area contributed by atoms with Gasteiger partial charge >= 0.3 is 0 Å². The number of benzene rings is 3. The number of nitrogens with zero attached hydrogens (tertiary/aromatic N) is 3. The van der Waals surface area contributed by atoms with E-state index in [1.807, 2.05) is 53.6 Å². The van der Waals surface area contributed by atoms with E-state index in [1.165, 1.54) is 11.8 Å². The molecule has 3 aromatic carbocycles. The fourth-order valence-electron chi connectivity index (χ4n) is 6.92. The van der Waals surface area contributed by atoms with E-state index in [1.54, 1.807) is 0 Å². The van der Waals surface area contributed by atoms with Gasteiger partial charge in [0.05, 0.1) is 12.5 Å². The van der Waals surface area contributed by atoms with Crippen LogP contribution in [0.25, 0.3) is 10.9 Å². The minimum absolute atomic E-state index is 0.0477. The fourth-order valence-corrected chi connectivity index (χ4v) is 8.77. The number of likely N-dealkylation sites (tertiary alicyclic amines) is 1. The van der Waals surface area contributed by atoms with Gasteiger partial charge in [0.1, 0.15) is 4.75 Å². The maximum Gasteiger partial charge on any atom is 0.239 e. The minimum Gasteiger partial charge on any atom is -0.361 e. The van der Waals surface area contributed by atoms with Crippen molar-refractivity contribution in [3.8, 4) is 0 Å². The molecule has 1 aromatic heterocycles. The Morgan fingerprint density at radius 3 is 2.40 bits per heavy atom. The molecule has 8 nitrogen and oxygen atoms in total. The molecule has 0 radical (unpaired) electrons. The number of carbonyl (C=O) groups is 2. The number of thioether (sulfide) groups is 1. The van der Waals surface area contributed by atoms with Gasteiger partial charge in [-0.1, -0.05) is 63.4 Å². The quantitative estimate of drug-likeness (QED) is 0.138. The molecule has 4 N–H and O–H groups in total. The summed E-state index contributed by atoms with van der Waals surface area (Å²) in [4.78, 5) is 40.1. The molecule has 2 saturated heterocycles. The van der Waals surface area contributed by atoms with Crippen LogP contribution in [-0.4, -0.2) is 88.6 Å². The number of aromatic nitrogens is 1. The fraction of sp³-hybridized carbons (Fsp3) is 0.405. The summed E-state index contributed by atoms with van der Waals surface area (Å²) >= 11 is 11.4. The average Bonchev–Trinajstić information content (AvgIpc) is 3.61. The first-order chi connectivity index (χ1) is 23.3. The molecule has 2 aliphatic rings. The van der Waals surface area contributed by atoms with Crippen molar-refractivity contribution in [2.75, 3.05) is 52.4 Å². The predicted molar refractivity (Wildman–Crippen MR) is 199 cm³/mol. The van der Waals surface area contributed by atoms with E-state index in [0.29, 0.717) is 18.1 Å². The summed E-state index contributed by atoms with van der Waals surface area (Å²) in [5.41, 5.74) is 9.62. The lowest BCUT2D eigenvalue weighted by molar-refractivity contribution is -0.129. The predicted octanol–water partition coefficient (Wildman–Crippen LogP) is 6.37. The van der Waals surface area contributed by atoms with Gasteiger partial charge < -0.3 is 30.7 Å². The Morgan fingerprint density at radius 1 is 1.02 bits per heavy atom. The molecule has 6 rings (SSSR count). The monoisotopic (exact) mass is 750 g/mol. The maximum absolute atomic E-state index is 14.7. The molecule has 48 heavy (non-hydrogen) atoms. The largest absolute Gasteiger partial charge is 0.361 e. The van der Waals surface area contributed by atoms with Crippen molar-refractivity contribution in [3.63, 3.8) is 0 Å². The van der Waals surface area contributed by atoms with Crippen LogP contribution >= 0.6 is 39.3 Å². The molecule has 0 aliphatic carbocycles. The van der Waals surface area contributed by atoms with Crippen molar-refractivity contribution in [3.05, 3.63) is 99.1 Å². The number of nitrogens with one attached hydrogen (secondary N) is 2. The number of rotatable bonds is 13. The average molecular weight is 752 g/mol. The molecular formula is C37H44BrClN6O2S. The highest BCUT2D eigenvalue weighted by Crippen LogP contribution is 2.54. The van der Waals surface area contributed by atoms with Crippen molar-refractivity contribution in [1.82, 2.24) is 25.0 Å². The Balaban J connectivity index is 1.29. The Labute approximate surface area is 300 Å². The van der Waals surface area contributed by atoms with Gasteiger partial charge in [-0.15, -0.1) is 11.8 Å². The van der Waals surface area contributed by atoms with Crippen LogP contribution in [0.3, 0.4) is 0 Å². The number of carbonyl (C=O) groups excluding carboxylic acids is 2. The van der Waals surface area contributed by atoms with Crippen LogP contribution < -0.4 is 11.1 Å². The zero-order chi connectivity index (χ0) is 33.7. The van der Waals surface area contributed by atoms with Crippen molar-refractivity contribution >= 4 is 62.0 Å². The number of H-pyrrole nitrogens is 1. The third-order valence-corrected chi connectivity index (χ3v) is 11.7. The number of amides is 2. The summed E-state index contributed by atoms with van der Waals surface area (Å²) in [6.07, 6.45) is 3.91. The van der Waals surface area contributed by atoms with Crippen molar-refractivity contribution in [1.29, 1.82) is 0 Å². The molecule has 0 saturated carbocycles. The highest BCUT2D eigenvalue weighted by Gasteiger charge is 2.58. The van der Waals surface area contributed by atoms with Gasteiger partial charge in [-0.2, -0.15) is 0 Å². The van der Waals surface area contributed by atoms with Crippen molar-refractivity contribution < 1.29 is 9.59 Å². The molecule has 0 spiro atoms. The second-order valence-corrected chi connectivity index (χ2v) is 15.7. The van der Waals surface area contributed by atoms with Crippen LogP contribution in [0.15, 0.2) is 82.3 Å². The number of aromatic amines is 1. The zero-order valence-electron chi connectivity index (χ0n) is 27.4. The highest BCUT2D eigenvalue weighted by atomic mass is 79.9.